The van der Waals surface area contributed by atoms with Crippen LogP contribution in [0, 0.1) is 0 Å². The normalized spacial score (nSPS) is 10.9. The highest BCUT2D eigenvalue weighted by Crippen LogP contribution is 2.25. The first-order chi connectivity index (χ1) is 13.7. The monoisotopic (exact) mass is 391 g/mol. The number of thiazole rings is 1. The number of para-hydroxylation sites is 1. The van der Waals surface area contributed by atoms with Gasteiger partial charge in [0.1, 0.15) is 0 Å². The number of nitrogens with one attached hydrogen (secondary N) is 2. The Kier molecular flexibility index (Phi) is 5.34. The van der Waals surface area contributed by atoms with Crippen LogP contribution in [-0.2, 0) is 6.42 Å². The predicted molar refractivity (Wildman–Crippen MR) is 114 cm³/mol. The van der Waals surface area contributed by atoms with Crippen LogP contribution < -0.4 is 5.32 Å². The summed E-state index contributed by atoms with van der Waals surface area (Å²) in [7, 11) is 1.80. The van der Waals surface area contributed by atoms with Crippen molar-refractivity contribution in [3.63, 3.8) is 0 Å². The van der Waals surface area contributed by atoms with Gasteiger partial charge in [0.05, 0.1) is 15.9 Å². The predicted octanol–water partition coefficient (Wildman–Crippen LogP) is 4.78. The minimum atomic E-state index is -0.145. The summed E-state index contributed by atoms with van der Waals surface area (Å²) in [6.07, 6.45) is 1.68. The SMILES string of the molecule is CN(CCCc1cc(-c2ccccc2)n[nH]1)C(=O)Nc1nc2ccccc2s1. The van der Waals surface area contributed by atoms with Crippen molar-refractivity contribution in [3.8, 4) is 11.3 Å². The van der Waals surface area contributed by atoms with E-state index in [9.17, 15) is 4.79 Å². The van der Waals surface area contributed by atoms with E-state index in [2.05, 4.69) is 26.6 Å². The second-order valence-corrected chi connectivity index (χ2v) is 7.62. The Morgan fingerprint density at radius 1 is 1.14 bits per heavy atom. The molecule has 4 aromatic rings. The highest BCUT2D eigenvalue weighted by atomic mass is 32.1. The van der Waals surface area contributed by atoms with Gasteiger partial charge < -0.3 is 4.90 Å². The minimum absolute atomic E-state index is 0.145. The van der Waals surface area contributed by atoms with Gasteiger partial charge >= 0.3 is 6.03 Å². The van der Waals surface area contributed by atoms with Gasteiger partial charge in [-0.15, -0.1) is 0 Å². The van der Waals surface area contributed by atoms with E-state index < -0.39 is 0 Å². The highest BCUT2D eigenvalue weighted by Gasteiger charge is 2.12. The number of aryl methyl sites for hydroxylation is 1. The molecule has 0 saturated heterocycles. The average molecular weight is 392 g/mol. The van der Waals surface area contributed by atoms with Gasteiger partial charge in [0, 0.05) is 24.8 Å². The molecule has 0 spiro atoms. The molecule has 2 amide bonds. The first-order valence-corrected chi connectivity index (χ1v) is 9.98. The van der Waals surface area contributed by atoms with Crippen molar-refractivity contribution in [2.75, 3.05) is 18.9 Å². The molecule has 6 nitrogen and oxygen atoms in total. The van der Waals surface area contributed by atoms with E-state index in [1.54, 1.807) is 11.9 Å². The van der Waals surface area contributed by atoms with Gasteiger partial charge in [-0.1, -0.05) is 53.8 Å². The van der Waals surface area contributed by atoms with Crippen molar-refractivity contribution in [1.82, 2.24) is 20.1 Å². The van der Waals surface area contributed by atoms with Crippen LogP contribution in [0.5, 0.6) is 0 Å². The number of nitrogens with zero attached hydrogens (tertiary/aromatic N) is 3. The van der Waals surface area contributed by atoms with Crippen molar-refractivity contribution in [2.45, 2.75) is 12.8 Å². The molecule has 4 rings (SSSR count). The standard InChI is InChI=1S/C21H21N5OS/c1-26(21(27)23-20-22-17-11-5-6-12-19(17)28-20)13-7-10-16-14-18(25-24-16)15-8-3-2-4-9-15/h2-6,8-9,11-12,14H,7,10,13H2,1H3,(H,24,25)(H,22,23,27). The fraction of sp³-hybridized carbons (Fsp3) is 0.190. The molecule has 2 heterocycles. The Morgan fingerprint density at radius 3 is 2.75 bits per heavy atom. The summed E-state index contributed by atoms with van der Waals surface area (Å²) >= 11 is 1.48. The van der Waals surface area contributed by atoms with Crippen LogP contribution >= 0.6 is 11.3 Å². The number of aromatic nitrogens is 3. The molecule has 2 N–H and O–H groups in total. The number of rotatable bonds is 6. The third kappa shape index (κ3) is 4.20. The molecule has 142 valence electrons. The third-order valence-corrected chi connectivity index (χ3v) is 5.45. The van der Waals surface area contributed by atoms with Gasteiger partial charge in [-0.2, -0.15) is 5.10 Å². The molecular weight excluding hydrogens is 370 g/mol. The van der Waals surface area contributed by atoms with Crippen LogP contribution in [-0.4, -0.2) is 39.7 Å². The summed E-state index contributed by atoms with van der Waals surface area (Å²) in [5.74, 6) is 0. The summed E-state index contributed by atoms with van der Waals surface area (Å²) in [6.45, 7) is 0.649. The lowest BCUT2D eigenvalue weighted by molar-refractivity contribution is 0.222. The van der Waals surface area contributed by atoms with E-state index in [0.29, 0.717) is 11.7 Å². The van der Waals surface area contributed by atoms with Crippen LogP contribution in [0.3, 0.4) is 0 Å². The zero-order chi connectivity index (χ0) is 19.3. The average Bonchev–Trinajstić information content (AvgIpc) is 3.35. The highest BCUT2D eigenvalue weighted by molar-refractivity contribution is 7.22. The van der Waals surface area contributed by atoms with E-state index in [4.69, 9.17) is 0 Å². The van der Waals surface area contributed by atoms with Gasteiger partial charge in [0.2, 0.25) is 0 Å². The lowest BCUT2D eigenvalue weighted by atomic mass is 10.1. The molecule has 0 radical (unpaired) electrons. The molecule has 2 aromatic carbocycles. The Morgan fingerprint density at radius 2 is 1.93 bits per heavy atom. The number of H-pyrrole nitrogens is 1. The quantitative estimate of drug-likeness (QED) is 0.497. The zero-order valence-corrected chi connectivity index (χ0v) is 16.4. The number of aromatic amines is 1. The number of fused-ring (bicyclic) bond motifs is 1. The van der Waals surface area contributed by atoms with E-state index in [1.807, 2.05) is 54.6 Å². The van der Waals surface area contributed by atoms with E-state index >= 15 is 0 Å². The molecule has 7 heteroatoms. The molecule has 0 fully saturated rings. The molecule has 0 aliphatic carbocycles. The Hall–Kier alpha value is -3.19. The molecule has 0 bridgehead atoms. The number of urea groups is 1. The van der Waals surface area contributed by atoms with Crippen LogP contribution in [0.1, 0.15) is 12.1 Å². The maximum Gasteiger partial charge on any atom is 0.323 e. The van der Waals surface area contributed by atoms with E-state index in [-0.39, 0.29) is 6.03 Å². The molecule has 0 aliphatic rings. The lowest BCUT2D eigenvalue weighted by Gasteiger charge is -2.16. The van der Waals surface area contributed by atoms with Gasteiger partial charge in [-0.25, -0.2) is 9.78 Å². The maximum absolute atomic E-state index is 12.4. The minimum Gasteiger partial charge on any atom is -0.328 e. The summed E-state index contributed by atoms with van der Waals surface area (Å²) in [4.78, 5) is 18.5. The van der Waals surface area contributed by atoms with Gasteiger partial charge in [-0.05, 0) is 31.0 Å². The smallest absolute Gasteiger partial charge is 0.323 e. The van der Waals surface area contributed by atoms with Gasteiger partial charge in [-0.3, -0.25) is 10.4 Å². The Labute approximate surface area is 167 Å². The first kappa shape index (κ1) is 18.2. The van der Waals surface area contributed by atoms with Crippen LogP contribution in [0.25, 0.3) is 21.5 Å². The number of carbonyl (C=O) groups excluding carboxylic acids is 1. The molecule has 0 saturated carbocycles. The van der Waals surface area contributed by atoms with Crippen molar-refractivity contribution >= 4 is 32.7 Å². The molecular formula is C21H21N5OS. The molecule has 0 aliphatic heterocycles. The largest absolute Gasteiger partial charge is 0.328 e. The zero-order valence-electron chi connectivity index (χ0n) is 15.6. The van der Waals surface area contributed by atoms with Crippen molar-refractivity contribution in [2.24, 2.45) is 0 Å². The summed E-state index contributed by atoms with van der Waals surface area (Å²) in [5, 5.41) is 11.0. The van der Waals surface area contributed by atoms with Crippen molar-refractivity contribution in [3.05, 3.63) is 66.4 Å². The second-order valence-electron chi connectivity index (χ2n) is 6.59. The lowest BCUT2D eigenvalue weighted by Crippen LogP contribution is -2.32. The van der Waals surface area contributed by atoms with Crippen LogP contribution in [0.2, 0.25) is 0 Å². The third-order valence-electron chi connectivity index (χ3n) is 4.49. The number of amides is 2. The second kappa shape index (κ2) is 8.22. The number of anilines is 1. The molecule has 2 aromatic heterocycles. The molecule has 28 heavy (non-hydrogen) atoms. The van der Waals surface area contributed by atoms with Crippen molar-refractivity contribution in [1.29, 1.82) is 0 Å². The summed E-state index contributed by atoms with van der Waals surface area (Å²) in [6, 6.07) is 19.9. The molecule has 0 atom stereocenters. The Bertz CT molecular complexity index is 1040. The maximum atomic E-state index is 12.4. The fourth-order valence-electron chi connectivity index (χ4n) is 2.97. The summed E-state index contributed by atoms with van der Waals surface area (Å²) < 4.78 is 1.06. The fourth-order valence-corrected chi connectivity index (χ4v) is 3.82. The Balaban J connectivity index is 1.27. The topological polar surface area (TPSA) is 73.9 Å². The first-order valence-electron chi connectivity index (χ1n) is 9.16. The van der Waals surface area contributed by atoms with E-state index in [1.165, 1.54) is 11.3 Å². The molecule has 0 unspecified atom stereocenters. The van der Waals surface area contributed by atoms with Crippen molar-refractivity contribution < 1.29 is 4.79 Å². The number of benzene rings is 2. The van der Waals surface area contributed by atoms with E-state index in [0.717, 1.165) is 40.0 Å². The number of hydrogen-bond acceptors (Lipinski definition) is 4. The van der Waals surface area contributed by atoms with Crippen LogP contribution in [0.4, 0.5) is 9.93 Å². The number of hydrogen-bond donors (Lipinski definition) is 2. The van der Waals surface area contributed by atoms with Crippen LogP contribution in [0.15, 0.2) is 60.7 Å². The number of carbonyl (C=O) groups is 1. The van der Waals surface area contributed by atoms with Gasteiger partial charge in [0.15, 0.2) is 5.13 Å². The van der Waals surface area contributed by atoms with Gasteiger partial charge in [0.25, 0.3) is 0 Å². The summed E-state index contributed by atoms with van der Waals surface area (Å²) in [5.41, 5.74) is 4.01.